The van der Waals surface area contributed by atoms with Crippen LogP contribution in [0, 0.1) is 0 Å². The smallest absolute Gasteiger partial charge is 0.317 e. The Morgan fingerprint density at radius 2 is 2.10 bits per heavy atom. The normalized spacial score (nSPS) is 24.4. The Balaban J connectivity index is 1.63. The highest BCUT2D eigenvalue weighted by Gasteiger charge is 2.48. The second kappa shape index (κ2) is 9.16. The first kappa shape index (κ1) is 21.5. The molecule has 5 atom stereocenters. The summed E-state index contributed by atoms with van der Waals surface area (Å²) in [7, 11) is -2.01. The van der Waals surface area contributed by atoms with Crippen LogP contribution >= 0.6 is 8.25 Å². The molecule has 0 spiro atoms. The first-order valence-corrected chi connectivity index (χ1v) is 10.5. The van der Waals surface area contributed by atoms with Crippen LogP contribution in [0.1, 0.15) is 16.6 Å². The van der Waals surface area contributed by atoms with Gasteiger partial charge in [-0.1, -0.05) is 18.2 Å². The second-order valence-electron chi connectivity index (χ2n) is 6.68. The Hall–Kier alpha value is -2.76. The summed E-state index contributed by atoms with van der Waals surface area (Å²) in [6.07, 6.45) is -2.75. The molecule has 1 aliphatic heterocycles. The van der Waals surface area contributed by atoms with Gasteiger partial charge in [-0.05, 0) is 12.1 Å². The molecule has 13 heteroatoms. The molecule has 0 bridgehead atoms. The van der Waals surface area contributed by atoms with Crippen molar-refractivity contribution in [2.45, 2.75) is 24.6 Å². The van der Waals surface area contributed by atoms with E-state index in [0.29, 0.717) is 5.56 Å². The van der Waals surface area contributed by atoms with Crippen LogP contribution in [0.5, 0.6) is 0 Å². The second-order valence-corrected chi connectivity index (χ2v) is 7.45. The van der Waals surface area contributed by atoms with Gasteiger partial charge < -0.3 is 24.2 Å². The van der Waals surface area contributed by atoms with Gasteiger partial charge in [0.05, 0.1) is 12.9 Å². The summed E-state index contributed by atoms with van der Waals surface area (Å²) in [4.78, 5) is 34.0. The molecule has 1 saturated heterocycles. The summed E-state index contributed by atoms with van der Waals surface area (Å²) >= 11 is 0. The number of methoxy groups -OCH3 is 1. The number of rotatable bonds is 7. The minimum absolute atomic E-state index is 0.0449. The molecule has 1 aromatic carbocycles. The van der Waals surface area contributed by atoms with E-state index in [-0.39, 0.29) is 23.6 Å². The molecule has 3 aromatic rings. The third kappa shape index (κ3) is 4.34. The van der Waals surface area contributed by atoms with E-state index >= 15 is 4.39 Å². The summed E-state index contributed by atoms with van der Waals surface area (Å²) in [5.41, 5.74) is 0.865. The lowest BCUT2D eigenvalue weighted by Crippen LogP contribution is -2.32. The molecule has 11 nitrogen and oxygen atoms in total. The van der Waals surface area contributed by atoms with Gasteiger partial charge in [-0.15, -0.1) is 0 Å². The van der Waals surface area contributed by atoms with E-state index in [1.54, 1.807) is 30.3 Å². The summed E-state index contributed by atoms with van der Waals surface area (Å²) in [6, 6.07) is 8.55. The van der Waals surface area contributed by atoms with Gasteiger partial charge in [-0.25, -0.2) is 19.3 Å². The maximum atomic E-state index is 15.1. The van der Waals surface area contributed by atoms with Crippen molar-refractivity contribution < 1.29 is 32.6 Å². The number of carbonyl (C=O) groups is 1. The zero-order valence-electron chi connectivity index (χ0n) is 16.2. The Labute approximate surface area is 176 Å². The predicted molar refractivity (Wildman–Crippen MR) is 106 cm³/mol. The molecule has 4 rings (SSSR count). The molecule has 1 unspecified atom stereocenters. The predicted octanol–water partition coefficient (Wildman–Crippen LogP) is 1.73. The number of aromatic nitrogens is 4. The van der Waals surface area contributed by atoms with Crippen molar-refractivity contribution >= 4 is 31.1 Å². The van der Waals surface area contributed by atoms with Gasteiger partial charge in [-0.3, -0.25) is 13.9 Å². The van der Waals surface area contributed by atoms with E-state index in [0.717, 1.165) is 0 Å². The number of fused-ring (bicyclic) bond motifs is 1. The molecule has 2 N–H and O–H groups in total. The third-order valence-electron chi connectivity index (χ3n) is 4.74. The third-order valence-corrected chi connectivity index (χ3v) is 5.21. The van der Waals surface area contributed by atoms with Crippen LogP contribution < -0.4 is 5.32 Å². The molecule has 0 saturated carbocycles. The molecule has 164 valence electrons. The fourth-order valence-electron chi connectivity index (χ4n) is 3.37. The number of benzene rings is 1. The first-order chi connectivity index (χ1) is 15.0. The lowest BCUT2D eigenvalue weighted by molar-refractivity contribution is -0.0518. The number of ether oxygens (including phenoxy) is 2. The topological polar surface area (TPSA) is 138 Å². The van der Waals surface area contributed by atoms with Crippen molar-refractivity contribution in [2.24, 2.45) is 0 Å². The molecule has 1 aliphatic rings. The molecule has 1 amide bonds. The maximum absolute atomic E-state index is 15.1. The SMILES string of the molecule is COC[C@H]1O[C@@H](n2cnc3c(NC(=O)c4ccccc4)ncnc32)[C@H](F)[C@@H]1O[PH](=O)O. The fourth-order valence-corrected chi connectivity index (χ4v) is 3.89. The number of hydrogen-bond acceptors (Lipinski definition) is 8. The van der Waals surface area contributed by atoms with Gasteiger partial charge in [0.25, 0.3) is 5.91 Å². The number of hydrogen-bond donors (Lipinski definition) is 2. The highest BCUT2D eigenvalue weighted by molar-refractivity contribution is 7.32. The van der Waals surface area contributed by atoms with E-state index < -0.39 is 38.8 Å². The quantitative estimate of drug-likeness (QED) is 0.514. The molecule has 31 heavy (non-hydrogen) atoms. The van der Waals surface area contributed by atoms with Crippen molar-refractivity contribution in [1.29, 1.82) is 0 Å². The van der Waals surface area contributed by atoms with Gasteiger partial charge >= 0.3 is 8.25 Å². The molecule has 1 fully saturated rings. The van der Waals surface area contributed by atoms with Crippen molar-refractivity contribution in [2.75, 3.05) is 19.0 Å². The van der Waals surface area contributed by atoms with Gasteiger partial charge in [0.15, 0.2) is 29.4 Å². The standard InChI is InChI=1S/C18H19FN5O6P/c1-28-7-11-14(30-31(26)27)12(19)18(29-11)24-9-22-13-15(20-8-21-16(13)24)23-17(25)10-5-3-2-4-6-10/h2-6,8-9,11-12,14,18,31H,7H2,1H3,(H,26,27)(H,20,21,23,25)/t11-,12-,14-,18-/m1/s1. The van der Waals surface area contributed by atoms with E-state index in [4.69, 9.17) is 18.9 Å². The average Bonchev–Trinajstić information content (AvgIpc) is 3.31. The number of imidazole rings is 1. The Morgan fingerprint density at radius 3 is 2.81 bits per heavy atom. The summed E-state index contributed by atoms with van der Waals surface area (Å²) in [5, 5.41) is 2.66. The molecule has 0 aliphatic carbocycles. The van der Waals surface area contributed by atoms with Crippen LogP contribution in [0.25, 0.3) is 11.2 Å². The van der Waals surface area contributed by atoms with Gasteiger partial charge in [-0.2, -0.15) is 0 Å². The number of anilines is 1. The zero-order chi connectivity index (χ0) is 22.0. The number of halogens is 1. The van der Waals surface area contributed by atoms with Crippen LogP contribution in [-0.2, 0) is 18.6 Å². The number of amides is 1. The van der Waals surface area contributed by atoms with Gasteiger partial charge in [0.1, 0.15) is 18.5 Å². The average molecular weight is 451 g/mol. The number of nitrogens with one attached hydrogen (secondary N) is 1. The Morgan fingerprint density at radius 1 is 1.32 bits per heavy atom. The summed E-state index contributed by atoms with van der Waals surface area (Å²) in [5.74, 6) is -0.245. The largest absolute Gasteiger partial charge is 0.382 e. The maximum Gasteiger partial charge on any atom is 0.317 e. The lowest BCUT2D eigenvalue weighted by Gasteiger charge is -2.16. The molecule has 3 heterocycles. The van der Waals surface area contributed by atoms with Crippen molar-refractivity contribution in [3.05, 3.63) is 48.5 Å². The Bertz CT molecular complexity index is 1100. The summed E-state index contributed by atoms with van der Waals surface area (Å²) < 4.78 is 43.1. The molecular formula is C18H19FN5O6P. The highest BCUT2D eigenvalue weighted by Crippen LogP contribution is 2.39. The minimum Gasteiger partial charge on any atom is -0.382 e. The van der Waals surface area contributed by atoms with Gasteiger partial charge in [0.2, 0.25) is 0 Å². The van der Waals surface area contributed by atoms with E-state index in [2.05, 4.69) is 20.3 Å². The Kier molecular flexibility index (Phi) is 6.35. The van der Waals surface area contributed by atoms with E-state index in [9.17, 15) is 9.36 Å². The molecule has 0 radical (unpaired) electrons. The lowest BCUT2D eigenvalue weighted by atomic mass is 10.1. The van der Waals surface area contributed by atoms with Crippen LogP contribution in [-0.4, -0.2) is 62.4 Å². The van der Waals surface area contributed by atoms with Crippen molar-refractivity contribution in [3.8, 4) is 0 Å². The van der Waals surface area contributed by atoms with Crippen LogP contribution in [0.3, 0.4) is 0 Å². The number of carbonyl (C=O) groups excluding carboxylic acids is 1. The van der Waals surface area contributed by atoms with Crippen LogP contribution in [0.2, 0.25) is 0 Å². The van der Waals surface area contributed by atoms with Crippen LogP contribution in [0.4, 0.5) is 10.2 Å². The van der Waals surface area contributed by atoms with E-state index in [1.165, 1.54) is 24.3 Å². The fraction of sp³-hybridized carbons (Fsp3) is 0.333. The molecular weight excluding hydrogens is 432 g/mol. The number of nitrogens with zero attached hydrogens (tertiary/aromatic N) is 4. The minimum atomic E-state index is -3.40. The van der Waals surface area contributed by atoms with Gasteiger partial charge in [0, 0.05) is 12.7 Å². The monoisotopic (exact) mass is 451 g/mol. The van der Waals surface area contributed by atoms with E-state index in [1.807, 2.05) is 0 Å². The van der Waals surface area contributed by atoms with Crippen molar-refractivity contribution in [1.82, 2.24) is 19.5 Å². The van der Waals surface area contributed by atoms with Crippen molar-refractivity contribution in [3.63, 3.8) is 0 Å². The highest BCUT2D eigenvalue weighted by atomic mass is 31.1. The zero-order valence-corrected chi connectivity index (χ0v) is 17.2. The first-order valence-electron chi connectivity index (χ1n) is 9.21. The molecule has 2 aromatic heterocycles. The summed E-state index contributed by atoms with van der Waals surface area (Å²) in [6.45, 7) is -0.0449. The number of alkyl halides is 1. The van der Waals surface area contributed by atoms with Crippen LogP contribution in [0.15, 0.2) is 43.0 Å².